The lowest BCUT2D eigenvalue weighted by molar-refractivity contribution is -0.140. The fourth-order valence-electron chi connectivity index (χ4n) is 4.69. The maximum atomic E-state index is 14.3. The SMILES string of the molecule is CC(C)[C@H](C(=O)N1CCN(c2ccc(S(=O)(=O)Nc3nccs3)cc2)C(=O)C1)n1ccc2c(F)cccc21.[HH].[HH]. The number of benzene rings is 2. The number of carbonyl (C=O) groups excluding carboxylic acids is 2. The number of piperazine rings is 1. The van der Waals surface area contributed by atoms with Gasteiger partial charge in [-0.1, -0.05) is 19.9 Å². The summed E-state index contributed by atoms with van der Waals surface area (Å²) in [6.07, 6.45) is 3.22. The van der Waals surface area contributed by atoms with Crippen LogP contribution in [0, 0.1) is 11.7 Å². The van der Waals surface area contributed by atoms with Crippen molar-refractivity contribution in [1.29, 1.82) is 0 Å². The summed E-state index contributed by atoms with van der Waals surface area (Å²) in [4.78, 5) is 33.7. The van der Waals surface area contributed by atoms with Crippen molar-refractivity contribution in [2.75, 3.05) is 29.3 Å². The first-order valence-electron chi connectivity index (χ1n) is 12.0. The Morgan fingerprint density at radius 3 is 2.55 bits per heavy atom. The van der Waals surface area contributed by atoms with E-state index in [1.165, 1.54) is 40.6 Å². The van der Waals surface area contributed by atoms with Crippen LogP contribution in [0.4, 0.5) is 15.2 Å². The van der Waals surface area contributed by atoms with Gasteiger partial charge in [0.2, 0.25) is 11.8 Å². The van der Waals surface area contributed by atoms with Gasteiger partial charge in [-0.05, 0) is 48.4 Å². The van der Waals surface area contributed by atoms with Crippen molar-refractivity contribution in [2.24, 2.45) is 5.92 Å². The zero-order chi connectivity index (χ0) is 27.0. The number of nitrogens with zero attached hydrogens (tertiary/aromatic N) is 4. The Labute approximate surface area is 226 Å². The van der Waals surface area contributed by atoms with E-state index in [-0.39, 0.29) is 49.5 Å². The summed E-state index contributed by atoms with van der Waals surface area (Å²) < 4.78 is 43.6. The number of hydrogen-bond donors (Lipinski definition) is 1. The molecule has 0 unspecified atom stereocenters. The minimum absolute atomic E-state index is 0. The topological polar surface area (TPSA) is 105 Å². The second-order valence-electron chi connectivity index (χ2n) is 9.33. The van der Waals surface area contributed by atoms with Crippen LogP contribution in [0.3, 0.4) is 0 Å². The Balaban J connectivity index is 0.00000220. The first kappa shape index (κ1) is 25.9. The van der Waals surface area contributed by atoms with E-state index >= 15 is 0 Å². The van der Waals surface area contributed by atoms with Gasteiger partial charge in [0.25, 0.3) is 10.0 Å². The minimum atomic E-state index is -3.81. The van der Waals surface area contributed by atoms with Gasteiger partial charge >= 0.3 is 0 Å². The van der Waals surface area contributed by atoms with Crippen molar-refractivity contribution in [3.05, 3.63) is 72.1 Å². The molecular formula is C26H30FN5O4S2. The molecule has 12 heteroatoms. The number of sulfonamides is 1. The summed E-state index contributed by atoms with van der Waals surface area (Å²) in [6.45, 7) is 4.31. The smallest absolute Gasteiger partial charge is 0.263 e. The third kappa shape index (κ3) is 4.88. The minimum Gasteiger partial charge on any atom is -0.335 e. The summed E-state index contributed by atoms with van der Waals surface area (Å²) >= 11 is 1.17. The molecule has 2 aromatic heterocycles. The van der Waals surface area contributed by atoms with Crippen LogP contribution in [-0.4, -0.2) is 54.3 Å². The molecule has 9 nitrogen and oxygen atoms in total. The molecule has 202 valence electrons. The van der Waals surface area contributed by atoms with E-state index in [4.69, 9.17) is 0 Å². The molecule has 0 saturated carbocycles. The fraction of sp³-hybridized carbons (Fsp3) is 0.269. The number of carbonyl (C=O) groups is 2. The first-order valence-corrected chi connectivity index (χ1v) is 14.4. The highest BCUT2D eigenvalue weighted by atomic mass is 32.2. The molecule has 1 fully saturated rings. The molecule has 1 aliphatic rings. The van der Waals surface area contributed by atoms with Gasteiger partial charge in [0.15, 0.2) is 5.13 Å². The number of hydrogen-bond acceptors (Lipinski definition) is 6. The molecule has 1 aliphatic heterocycles. The third-order valence-electron chi connectivity index (χ3n) is 6.54. The summed E-state index contributed by atoms with van der Waals surface area (Å²) in [5.74, 6) is -0.920. The molecule has 1 N–H and O–H groups in total. The predicted octanol–water partition coefficient (Wildman–Crippen LogP) is 4.60. The van der Waals surface area contributed by atoms with Crippen LogP contribution < -0.4 is 9.62 Å². The zero-order valence-electron chi connectivity index (χ0n) is 20.7. The largest absolute Gasteiger partial charge is 0.335 e. The van der Waals surface area contributed by atoms with Crippen LogP contribution in [0.5, 0.6) is 0 Å². The number of halogens is 1. The van der Waals surface area contributed by atoms with Crippen molar-refractivity contribution >= 4 is 54.9 Å². The second kappa shape index (κ2) is 10.2. The molecule has 1 saturated heterocycles. The van der Waals surface area contributed by atoms with E-state index in [0.29, 0.717) is 23.1 Å². The molecule has 3 heterocycles. The maximum absolute atomic E-state index is 14.3. The predicted molar refractivity (Wildman–Crippen MR) is 148 cm³/mol. The number of rotatable bonds is 7. The van der Waals surface area contributed by atoms with Crippen molar-refractivity contribution in [3.63, 3.8) is 0 Å². The van der Waals surface area contributed by atoms with Crippen LogP contribution in [0.1, 0.15) is 22.7 Å². The first-order chi connectivity index (χ1) is 18.2. The molecule has 2 amide bonds. The number of aromatic nitrogens is 2. The van der Waals surface area contributed by atoms with Gasteiger partial charge < -0.3 is 14.4 Å². The van der Waals surface area contributed by atoms with Gasteiger partial charge in [0.1, 0.15) is 18.4 Å². The second-order valence-corrected chi connectivity index (χ2v) is 11.9. The van der Waals surface area contributed by atoms with E-state index in [1.54, 1.807) is 51.4 Å². The lowest BCUT2D eigenvalue weighted by atomic mass is 10.0. The Hall–Kier alpha value is -3.77. The Bertz CT molecular complexity index is 1600. The van der Waals surface area contributed by atoms with Crippen LogP contribution in [0.15, 0.2) is 71.2 Å². The Morgan fingerprint density at radius 2 is 1.89 bits per heavy atom. The van der Waals surface area contributed by atoms with Gasteiger partial charge in [0.05, 0.1) is 10.4 Å². The summed E-state index contributed by atoms with van der Waals surface area (Å²) in [5, 5.41) is 2.38. The molecule has 38 heavy (non-hydrogen) atoms. The van der Waals surface area contributed by atoms with Crippen LogP contribution in [0.2, 0.25) is 0 Å². The molecule has 1 atom stereocenters. The van der Waals surface area contributed by atoms with Gasteiger partial charge in [-0.15, -0.1) is 11.3 Å². The van der Waals surface area contributed by atoms with E-state index < -0.39 is 16.1 Å². The van der Waals surface area contributed by atoms with Crippen LogP contribution in [0.25, 0.3) is 10.9 Å². The molecular weight excluding hydrogens is 529 g/mol. The van der Waals surface area contributed by atoms with Gasteiger partial charge in [0, 0.05) is 44.8 Å². The van der Waals surface area contributed by atoms with Gasteiger partial charge in [-0.25, -0.2) is 17.8 Å². The molecule has 4 aromatic rings. The van der Waals surface area contributed by atoms with E-state index in [1.807, 2.05) is 13.8 Å². The highest BCUT2D eigenvalue weighted by molar-refractivity contribution is 7.93. The van der Waals surface area contributed by atoms with E-state index in [0.717, 1.165) is 0 Å². The van der Waals surface area contributed by atoms with Crippen LogP contribution >= 0.6 is 11.3 Å². The number of nitrogens with one attached hydrogen (secondary N) is 1. The summed E-state index contributed by atoms with van der Waals surface area (Å²) in [7, 11) is -3.81. The average Bonchev–Trinajstić information content (AvgIpc) is 3.55. The molecule has 0 bridgehead atoms. The lowest BCUT2D eigenvalue weighted by Crippen LogP contribution is -2.54. The molecule has 5 rings (SSSR count). The van der Waals surface area contributed by atoms with Crippen molar-refractivity contribution in [3.8, 4) is 0 Å². The molecule has 0 spiro atoms. The number of amides is 2. The standard InChI is InChI=1S/C26H26FN5O4S2.2H2/c1-17(2)24(32-12-10-20-21(27)4-3-5-22(20)32)25(34)30-13-14-31(23(33)16-30)18-6-8-19(9-7-18)38(35,36)29-26-28-11-15-37-26;;/h3-12,15,17,24H,13-14,16H2,1-2H3,(H,28,29);2*1H/t24-;;/m1../s1. The van der Waals surface area contributed by atoms with Crippen molar-refractivity contribution in [1.82, 2.24) is 14.5 Å². The zero-order valence-corrected chi connectivity index (χ0v) is 22.4. The number of thiazole rings is 1. The highest BCUT2D eigenvalue weighted by Crippen LogP contribution is 2.29. The summed E-state index contributed by atoms with van der Waals surface area (Å²) in [6, 6.07) is 11.9. The van der Waals surface area contributed by atoms with Crippen molar-refractivity contribution in [2.45, 2.75) is 24.8 Å². The Morgan fingerprint density at radius 1 is 1.13 bits per heavy atom. The third-order valence-corrected chi connectivity index (χ3v) is 8.71. The van der Waals surface area contributed by atoms with Gasteiger partial charge in [-0.2, -0.15) is 0 Å². The van der Waals surface area contributed by atoms with Crippen molar-refractivity contribution < 1.29 is 25.3 Å². The number of fused-ring (bicyclic) bond motifs is 1. The van der Waals surface area contributed by atoms with E-state index in [9.17, 15) is 22.4 Å². The quantitative estimate of drug-likeness (QED) is 0.356. The Kier molecular flexibility index (Phi) is 6.93. The fourth-order valence-corrected chi connectivity index (χ4v) is 6.48. The lowest BCUT2D eigenvalue weighted by Gasteiger charge is -2.37. The van der Waals surface area contributed by atoms with E-state index in [2.05, 4.69) is 9.71 Å². The summed E-state index contributed by atoms with van der Waals surface area (Å²) in [5.41, 5.74) is 1.17. The van der Waals surface area contributed by atoms with Crippen LogP contribution in [-0.2, 0) is 19.6 Å². The average molecular weight is 560 g/mol. The normalized spacial score (nSPS) is 15.3. The molecule has 2 aromatic carbocycles. The molecule has 0 aliphatic carbocycles. The number of anilines is 2. The highest BCUT2D eigenvalue weighted by Gasteiger charge is 2.34. The monoisotopic (exact) mass is 559 g/mol. The maximum Gasteiger partial charge on any atom is 0.263 e. The molecule has 0 radical (unpaired) electrons. The van der Waals surface area contributed by atoms with Gasteiger partial charge in [-0.3, -0.25) is 14.3 Å².